The maximum absolute atomic E-state index is 11.7. The fourth-order valence-corrected chi connectivity index (χ4v) is 2.74. The number of hydrogen-bond donors (Lipinski definition) is 1. The smallest absolute Gasteiger partial charge is 0.325 e. The molecule has 6 nitrogen and oxygen atoms in total. The molecular formula is C14H16N4O2. The van der Waals surface area contributed by atoms with E-state index in [0.29, 0.717) is 6.54 Å². The van der Waals surface area contributed by atoms with Crippen molar-refractivity contribution in [2.75, 3.05) is 6.54 Å². The van der Waals surface area contributed by atoms with Crippen molar-refractivity contribution >= 4 is 5.97 Å². The van der Waals surface area contributed by atoms with Gasteiger partial charge in [0.15, 0.2) is 0 Å². The zero-order valence-electron chi connectivity index (χ0n) is 11.2. The molecule has 2 heterocycles. The van der Waals surface area contributed by atoms with Crippen molar-refractivity contribution in [2.24, 2.45) is 7.05 Å². The van der Waals surface area contributed by atoms with Gasteiger partial charge in [-0.2, -0.15) is 0 Å². The van der Waals surface area contributed by atoms with E-state index in [-0.39, 0.29) is 0 Å². The van der Waals surface area contributed by atoms with Crippen LogP contribution >= 0.6 is 0 Å². The third kappa shape index (κ3) is 2.18. The van der Waals surface area contributed by atoms with Crippen molar-refractivity contribution in [3.63, 3.8) is 0 Å². The van der Waals surface area contributed by atoms with E-state index in [4.69, 9.17) is 0 Å². The van der Waals surface area contributed by atoms with E-state index in [2.05, 4.69) is 10.3 Å². The van der Waals surface area contributed by atoms with Gasteiger partial charge in [-0.05, 0) is 17.5 Å². The van der Waals surface area contributed by atoms with Gasteiger partial charge in [0, 0.05) is 20.1 Å². The molecule has 0 bridgehead atoms. The molecule has 3 rings (SSSR count). The molecule has 1 aliphatic heterocycles. The summed E-state index contributed by atoms with van der Waals surface area (Å²) in [5, 5.41) is 17.3. The normalized spacial score (nSPS) is 18.8. The first-order chi connectivity index (χ1) is 9.66. The molecule has 0 amide bonds. The molecule has 0 saturated carbocycles. The minimum Gasteiger partial charge on any atom is -0.480 e. The second kappa shape index (κ2) is 5.05. The molecule has 0 fully saturated rings. The Bertz CT molecular complexity index is 638. The van der Waals surface area contributed by atoms with Crippen LogP contribution in [-0.4, -0.2) is 37.5 Å². The number of benzene rings is 1. The third-order valence-electron chi connectivity index (χ3n) is 3.79. The first-order valence-corrected chi connectivity index (χ1v) is 6.55. The van der Waals surface area contributed by atoms with Crippen molar-refractivity contribution in [1.29, 1.82) is 0 Å². The monoisotopic (exact) mass is 272 g/mol. The molecule has 20 heavy (non-hydrogen) atoms. The lowest BCUT2D eigenvalue weighted by atomic mass is 9.92. The van der Waals surface area contributed by atoms with Crippen molar-refractivity contribution in [3.05, 3.63) is 47.3 Å². The van der Waals surface area contributed by atoms with Crippen LogP contribution in [0.3, 0.4) is 0 Å². The van der Waals surface area contributed by atoms with E-state index < -0.39 is 12.0 Å². The second-order valence-corrected chi connectivity index (χ2v) is 5.01. The van der Waals surface area contributed by atoms with Crippen LogP contribution in [-0.2, 0) is 24.8 Å². The minimum absolute atomic E-state index is 0.537. The van der Waals surface area contributed by atoms with E-state index in [9.17, 15) is 9.90 Å². The molecule has 2 aromatic rings. The van der Waals surface area contributed by atoms with Crippen LogP contribution in [0.5, 0.6) is 0 Å². The van der Waals surface area contributed by atoms with Crippen molar-refractivity contribution in [2.45, 2.75) is 19.0 Å². The Morgan fingerprint density at radius 2 is 2.25 bits per heavy atom. The molecule has 6 heteroatoms. The Hall–Kier alpha value is -2.21. The number of carboxylic acid groups (broad SMARTS) is 1. The molecule has 0 spiro atoms. The number of aromatic nitrogens is 3. The molecule has 1 aliphatic rings. The van der Waals surface area contributed by atoms with Crippen LogP contribution < -0.4 is 0 Å². The summed E-state index contributed by atoms with van der Waals surface area (Å²) in [6.45, 7) is 1.26. The average Bonchev–Trinajstić information content (AvgIpc) is 2.83. The van der Waals surface area contributed by atoms with Crippen molar-refractivity contribution < 1.29 is 9.90 Å². The molecule has 0 radical (unpaired) electrons. The van der Waals surface area contributed by atoms with Crippen LogP contribution in [0.1, 0.15) is 22.9 Å². The molecule has 104 valence electrons. The highest BCUT2D eigenvalue weighted by molar-refractivity contribution is 5.76. The van der Waals surface area contributed by atoms with Gasteiger partial charge in [0.05, 0.1) is 11.9 Å². The van der Waals surface area contributed by atoms with Crippen LogP contribution in [0.2, 0.25) is 0 Å². The zero-order chi connectivity index (χ0) is 14.1. The van der Waals surface area contributed by atoms with Crippen LogP contribution in [0.4, 0.5) is 0 Å². The first-order valence-electron chi connectivity index (χ1n) is 6.55. The molecule has 0 saturated heterocycles. The zero-order valence-corrected chi connectivity index (χ0v) is 11.2. The molecular weight excluding hydrogens is 256 g/mol. The number of aryl methyl sites for hydroxylation is 1. The molecule has 1 N–H and O–H groups in total. The van der Waals surface area contributed by atoms with E-state index >= 15 is 0 Å². The average molecular weight is 272 g/mol. The lowest BCUT2D eigenvalue weighted by Gasteiger charge is -2.34. The molecule has 1 aromatic heterocycles. The van der Waals surface area contributed by atoms with Gasteiger partial charge < -0.3 is 5.11 Å². The fourth-order valence-electron chi connectivity index (χ4n) is 2.74. The largest absolute Gasteiger partial charge is 0.480 e. The minimum atomic E-state index is -0.813. The number of carbonyl (C=O) groups is 1. The summed E-state index contributed by atoms with van der Waals surface area (Å²) in [5.41, 5.74) is 2.93. The van der Waals surface area contributed by atoms with Crippen molar-refractivity contribution in [1.82, 2.24) is 19.9 Å². The van der Waals surface area contributed by atoms with Crippen molar-refractivity contribution in [3.8, 4) is 0 Å². The molecule has 1 aromatic carbocycles. The highest BCUT2D eigenvalue weighted by atomic mass is 16.4. The number of hydrogen-bond acceptors (Lipinski definition) is 4. The van der Waals surface area contributed by atoms with Crippen LogP contribution in [0.15, 0.2) is 30.5 Å². The summed E-state index contributed by atoms with van der Waals surface area (Å²) in [7, 11) is 1.82. The number of aliphatic carboxylic acids is 1. The summed E-state index contributed by atoms with van der Waals surface area (Å²) in [6.07, 6.45) is 2.55. The van der Waals surface area contributed by atoms with E-state index in [1.165, 1.54) is 0 Å². The summed E-state index contributed by atoms with van der Waals surface area (Å²) in [4.78, 5) is 13.6. The number of rotatable bonds is 3. The summed E-state index contributed by atoms with van der Waals surface area (Å²) in [5.74, 6) is -0.813. The second-order valence-electron chi connectivity index (χ2n) is 5.01. The van der Waals surface area contributed by atoms with E-state index in [1.54, 1.807) is 10.9 Å². The van der Waals surface area contributed by atoms with Gasteiger partial charge in [0.1, 0.15) is 6.04 Å². The summed E-state index contributed by atoms with van der Waals surface area (Å²) < 4.78 is 1.68. The Kier molecular flexibility index (Phi) is 3.23. The Balaban J connectivity index is 1.92. The standard InChI is InChI=1S/C14H16N4O2/c1-17-11(8-15-16-17)9-18-7-6-10-4-2-3-5-12(10)13(18)14(19)20/h2-5,8,13H,6-7,9H2,1H3,(H,19,20). The lowest BCUT2D eigenvalue weighted by molar-refractivity contribution is -0.144. The summed E-state index contributed by atoms with van der Waals surface area (Å²) >= 11 is 0. The Morgan fingerprint density at radius 3 is 2.95 bits per heavy atom. The van der Waals surface area contributed by atoms with E-state index in [1.807, 2.05) is 36.2 Å². The van der Waals surface area contributed by atoms with Gasteiger partial charge in [0.25, 0.3) is 0 Å². The van der Waals surface area contributed by atoms with Gasteiger partial charge in [-0.3, -0.25) is 14.4 Å². The van der Waals surface area contributed by atoms with Gasteiger partial charge in [-0.15, -0.1) is 5.10 Å². The SMILES string of the molecule is Cn1nncc1CN1CCc2ccccc2C1C(=O)O. The Morgan fingerprint density at radius 1 is 1.45 bits per heavy atom. The summed E-state index contributed by atoms with van der Waals surface area (Å²) in [6, 6.07) is 7.16. The number of carboxylic acids is 1. The maximum Gasteiger partial charge on any atom is 0.325 e. The van der Waals surface area contributed by atoms with Gasteiger partial charge in [-0.1, -0.05) is 29.5 Å². The predicted octanol–water partition coefficient (Wildman–Crippen LogP) is 0.999. The lowest BCUT2D eigenvalue weighted by Crippen LogP contribution is -2.39. The van der Waals surface area contributed by atoms with Crippen LogP contribution in [0, 0.1) is 0 Å². The number of nitrogens with zero attached hydrogens (tertiary/aromatic N) is 4. The molecule has 1 atom stereocenters. The number of fused-ring (bicyclic) bond motifs is 1. The third-order valence-corrected chi connectivity index (χ3v) is 3.79. The highest BCUT2D eigenvalue weighted by Gasteiger charge is 2.33. The van der Waals surface area contributed by atoms with Gasteiger partial charge >= 0.3 is 5.97 Å². The van der Waals surface area contributed by atoms with E-state index in [0.717, 1.165) is 29.8 Å². The van der Waals surface area contributed by atoms with Gasteiger partial charge in [-0.25, -0.2) is 0 Å². The predicted molar refractivity (Wildman–Crippen MR) is 71.9 cm³/mol. The Labute approximate surface area is 116 Å². The fraction of sp³-hybridized carbons (Fsp3) is 0.357. The van der Waals surface area contributed by atoms with Gasteiger partial charge in [0.2, 0.25) is 0 Å². The quantitative estimate of drug-likeness (QED) is 0.902. The first kappa shape index (κ1) is 12.8. The molecule has 0 aliphatic carbocycles. The molecule has 1 unspecified atom stereocenters. The topological polar surface area (TPSA) is 71.2 Å². The highest BCUT2D eigenvalue weighted by Crippen LogP contribution is 2.30. The van der Waals surface area contributed by atoms with Crippen LogP contribution in [0.25, 0.3) is 0 Å². The maximum atomic E-state index is 11.7.